The van der Waals surface area contributed by atoms with E-state index in [2.05, 4.69) is 43.5 Å². The number of H-pyrrole nitrogens is 2. The van der Waals surface area contributed by atoms with Crippen molar-refractivity contribution in [1.29, 1.82) is 0 Å². The zero-order chi connectivity index (χ0) is 23.1. The molecule has 0 saturated carbocycles. The molecular weight excluding hydrogens is 451 g/mol. The van der Waals surface area contributed by atoms with Gasteiger partial charge in [0.1, 0.15) is 16.7 Å². The van der Waals surface area contributed by atoms with Crippen LogP contribution in [0.5, 0.6) is 0 Å². The summed E-state index contributed by atoms with van der Waals surface area (Å²) in [5.41, 5.74) is 7.01. The maximum absolute atomic E-state index is 13.6. The highest BCUT2D eigenvalue weighted by molar-refractivity contribution is 7.13. The van der Waals surface area contributed by atoms with Crippen LogP contribution in [0, 0.1) is 5.13 Å². The molecule has 6 rings (SSSR count). The Labute approximate surface area is 197 Å². The highest BCUT2D eigenvalue weighted by atomic mass is 32.1. The van der Waals surface area contributed by atoms with Gasteiger partial charge in [-0.25, -0.2) is 9.97 Å². The van der Waals surface area contributed by atoms with Crippen molar-refractivity contribution in [3.63, 3.8) is 0 Å². The Morgan fingerprint density at radius 3 is 2.76 bits per heavy atom. The van der Waals surface area contributed by atoms with Gasteiger partial charge in [0, 0.05) is 30.7 Å². The molecule has 6 heterocycles. The fraction of sp³-hybridized carbons (Fsp3) is 0.125. The van der Waals surface area contributed by atoms with Crippen molar-refractivity contribution in [2.24, 2.45) is 0 Å². The number of nitrogens with zero attached hydrogens (tertiary/aromatic N) is 5. The van der Waals surface area contributed by atoms with Gasteiger partial charge < -0.3 is 10.3 Å². The van der Waals surface area contributed by atoms with Gasteiger partial charge in [-0.15, -0.1) is 11.3 Å². The zero-order valence-corrected chi connectivity index (χ0v) is 18.9. The van der Waals surface area contributed by atoms with Gasteiger partial charge in [0.05, 0.1) is 21.6 Å². The molecule has 0 radical (unpaired) electrons. The Morgan fingerprint density at radius 1 is 1.00 bits per heavy atom. The third kappa shape index (κ3) is 3.62. The number of rotatable bonds is 6. The first-order valence-electron chi connectivity index (χ1n) is 10.8. The van der Waals surface area contributed by atoms with Crippen molar-refractivity contribution in [3.05, 3.63) is 65.7 Å². The van der Waals surface area contributed by atoms with Crippen LogP contribution < -0.4 is 5.32 Å². The summed E-state index contributed by atoms with van der Waals surface area (Å²) in [6.45, 7) is 3.71. The SMILES string of the molecule is CCNCc1cncc(-c2ccc3[nH]nc(-c4nc5c(-c6ccc(F)s6)nccc5[nH]4)c3n2)c1. The number of fused-ring (bicyclic) bond motifs is 2. The summed E-state index contributed by atoms with van der Waals surface area (Å²) in [6.07, 6.45) is 5.35. The van der Waals surface area contributed by atoms with E-state index in [1.807, 2.05) is 30.6 Å². The minimum absolute atomic E-state index is 0.261. The van der Waals surface area contributed by atoms with Gasteiger partial charge >= 0.3 is 0 Å². The molecule has 6 aromatic rings. The number of aromatic nitrogens is 7. The van der Waals surface area contributed by atoms with E-state index in [4.69, 9.17) is 9.97 Å². The predicted molar refractivity (Wildman–Crippen MR) is 131 cm³/mol. The number of aromatic amines is 2. The summed E-state index contributed by atoms with van der Waals surface area (Å²) < 4.78 is 13.6. The van der Waals surface area contributed by atoms with Gasteiger partial charge in [0.25, 0.3) is 0 Å². The summed E-state index contributed by atoms with van der Waals surface area (Å²) in [4.78, 5) is 22.5. The highest BCUT2D eigenvalue weighted by Gasteiger charge is 2.18. The molecule has 3 N–H and O–H groups in total. The van der Waals surface area contributed by atoms with E-state index in [9.17, 15) is 4.39 Å². The van der Waals surface area contributed by atoms with Crippen LogP contribution in [0.3, 0.4) is 0 Å². The van der Waals surface area contributed by atoms with E-state index in [-0.39, 0.29) is 5.13 Å². The van der Waals surface area contributed by atoms with Crippen LogP contribution in [0.25, 0.3) is 55.4 Å². The number of halogens is 1. The van der Waals surface area contributed by atoms with Crippen molar-refractivity contribution < 1.29 is 4.39 Å². The average molecular weight is 471 g/mol. The monoisotopic (exact) mass is 470 g/mol. The summed E-state index contributed by atoms with van der Waals surface area (Å²) in [7, 11) is 0. The lowest BCUT2D eigenvalue weighted by Crippen LogP contribution is -2.11. The number of hydrogen-bond donors (Lipinski definition) is 3. The first-order valence-corrected chi connectivity index (χ1v) is 11.6. The molecule has 0 aliphatic heterocycles. The normalized spacial score (nSPS) is 11.6. The van der Waals surface area contributed by atoms with E-state index in [1.165, 1.54) is 6.07 Å². The summed E-state index contributed by atoms with van der Waals surface area (Å²) in [5, 5.41) is 10.6. The van der Waals surface area contributed by atoms with Crippen LogP contribution in [-0.4, -0.2) is 41.7 Å². The largest absolute Gasteiger partial charge is 0.336 e. The first kappa shape index (κ1) is 20.6. The van der Waals surface area contributed by atoms with E-state index in [0.29, 0.717) is 28.2 Å². The lowest BCUT2D eigenvalue weighted by molar-refractivity contribution is 0.657. The summed E-state index contributed by atoms with van der Waals surface area (Å²) in [6, 6.07) is 11.0. The molecular formula is C24H19FN8S. The maximum atomic E-state index is 13.6. The average Bonchev–Trinajstić information content (AvgIpc) is 3.59. The fourth-order valence-electron chi connectivity index (χ4n) is 3.89. The minimum Gasteiger partial charge on any atom is -0.336 e. The number of imidazole rings is 1. The molecule has 0 saturated heterocycles. The van der Waals surface area contributed by atoms with Gasteiger partial charge in [0.15, 0.2) is 16.6 Å². The molecule has 10 heteroatoms. The number of pyridine rings is 3. The molecule has 0 aliphatic carbocycles. The fourth-order valence-corrected chi connectivity index (χ4v) is 4.62. The molecule has 0 fully saturated rings. The van der Waals surface area contributed by atoms with E-state index in [0.717, 1.165) is 57.2 Å². The number of nitrogens with one attached hydrogen (secondary N) is 3. The molecule has 0 aromatic carbocycles. The lowest BCUT2D eigenvalue weighted by Gasteiger charge is -2.05. The molecule has 0 unspecified atom stereocenters. The van der Waals surface area contributed by atoms with E-state index < -0.39 is 0 Å². The second kappa shape index (κ2) is 8.40. The third-order valence-electron chi connectivity index (χ3n) is 5.51. The molecule has 34 heavy (non-hydrogen) atoms. The Kier molecular flexibility index (Phi) is 5.08. The maximum Gasteiger partial charge on any atom is 0.177 e. The van der Waals surface area contributed by atoms with Gasteiger partial charge in [-0.1, -0.05) is 6.92 Å². The Bertz CT molecular complexity index is 1630. The Hall–Kier alpha value is -4.02. The van der Waals surface area contributed by atoms with Crippen LogP contribution in [0.2, 0.25) is 0 Å². The van der Waals surface area contributed by atoms with E-state index >= 15 is 0 Å². The molecule has 0 amide bonds. The molecule has 0 atom stereocenters. The quantitative estimate of drug-likeness (QED) is 0.318. The second-order valence-corrected chi connectivity index (χ2v) is 8.81. The van der Waals surface area contributed by atoms with Crippen LogP contribution >= 0.6 is 11.3 Å². The molecule has 0 spiro atoms. The smallest absolute Gasteiger partial charge is 0.177 e. The van der Waals surface area contributed by atoms with Crippen molar-refractivity contribution >= 4 is 33.4 Å². The van der Waals surface area contributed by atoms with E-state index in [1.54, 1.807) is 12.3 Å². The molecule has 168 valence electrons. The van der Waals surface area contributed by atoms with Gasteiger partial charge in [-0.05, 0) is 48.5 Å². The zero-order valence-electron chi connectivity index (χ0n) is 18.1. The lowest BCUT2D eigenvalue weighted by atomic mass is 10.1. The molecule has 8 nitrogen and oxygen atoms in total. The van der Waals surface area contributed by atoms with Gasteiger partial charge in [-0.3, -0.25) is 15.1 Å². The van der Waals surface area contributed by atoms with Crippen LogP contribution in [0.15, 0.2) is 55.0 Å². The van der Waals surface area contributed by atoms with Crippen LogP contribution in [0.1, 0.15) is 12.5 Å². The Balaban J connectivity index is 1.44. The summed E-state index contributed by atoms with van der Waals surface area (Å²) >= 11 is 1.04. The second-order valence-electron chi connectivity index (χ2n) is 7.77. The third-order valence-corrected chi connectivity index (χ3v) is 6.39. The number of thiophene rings is 1. The molecule has 0 aliphatic rings. The standard InChI is InChI=1S/C24H19FN8S/c1-2-26-10-13-9-14(12-27-11-13)15-3-4-17-21(29-15)23(33-32-17)24-30-16-7-8-28-22(20(16)31-24)18-5-6-19(25)34-18/h3-9,11-12,26H,2,10H2,1H3,(H,30,31)(H,32,33). The summed E-state index contributed by atoms with van der Waals surface area (Å²) in [5.74, 6) is 0.566. The minimum atomic E-state index is -0.261. The first-order chi connectivity index (χ1) is 16.7. The molecule has 6 aromatic heterocycles. The van der Waals surface area contributed by atoms with Crippen molar-refractivity contribution in [3.8, 4) is 33.3 Å². The molecule has 0 bridgehead atoms. The van der Waals surface area contributed by atoms with Gasteiger partial charge in [0.2, 0.25) is 0 Å². The predicted octanol–water partition coefficient (Wildman–Crippen LogP) is 4.94. The number of hydrogen-bond acceptors (Lipinski definition) is 7. The van der Waals surface area contributed by atoms with Gasteiger partial charge in [-0.2, -0.15) is 9.49 Å². The topological polar surface area (TPSA) is 108 Å². The van der Waals surface area contributed by atoms with Crippen molar-refractivity contribution in [2.45, 2.75) is 13.5 Å². The Morgan fingerprint density at radius 2 is 1.91 bits per heavy atom. The van der Waals surface area contributed by atoms with Crippen LogP contribution in [0.4, 0.5) is 4.39 Å². The highest BCUT2D eigenvalue weighted by Crippen LogP contribution is 2.33. The van der Waals surface area contributed by atoms with Crippen molar-refractivity contribution in [1.82, 2.24) is 40.4 Å². The van der Waals surface area contributed by atoms with Crippen molar-refractivity contribution in [2.75, 3.05) is 6.54 Å². The van der Waals surface area contributed by atoms with Crippen LogP contribution in [-0.2, 0) is 6.54 Å².